The summed E-state index contributed by atoms with van der Waals surface area (Å²) in [4.78, 5) is 20.5. The fraction of sp³-hybridized carbons (Fsp3) is 0.0385. The van der Waals surface area contributed by atoms with Crippen molar-refractivity contribution < 1.29 is 4.79 Å². The standard InChI is InChI=1S/C26H20N4OS/c1-32-25-16-21-15-19(18-10-13-27-14-11-18)4-9-24(21)30(25)23-7-5-22(6-8-23)29-26(31)20-3-2-12-28-17-20/h2-17H,1H3,(H,29,31). The number of fused-ring (bicyclic) bond motifs is 1. The lowest BCUT2D eigenvalue weighted by molar-refractivity contribution is 0.102. The van der Waals surface area contributed by atoms with Gasteiger partial charge in [-0.15, -0.1) is 11.8 Å². The molecule has 5 aromatic rings. The van der Waals surface area contributed by atoms with Gasteiger partial charge in [-0.05, 0) is 84.1 Å². The molecule has 0 saturated carbocycles. The van der Waals surface area contributed by atoms with Gasteiger partial charge in [0.25, 0.3) is 5.91 Å². The van der Waals surface area contributed by atoms with E-state index in [9.17, 15) is 4.79 Å². The van der Waals surface area contributed by atoms with Gasteiger partial charge in [-0.1, -0.05) is 6.07 Å². The lowest BCUT2D eigenvalue weighted by atomic mass is 10.1. The summed E-state index contributed by atoms with van der Waals surface area (Å²) in [5.41, 5.74) is 5.76. The molecule has 3 heterocycles. The van der Waals surface area contributed by atoms with Crippen LogP contribution in [-0.2, 0) is 0 Å². The first-order chi connectivity index (χ1) is 15.7. The first kappa shape index (κ1) is 20.0. The highest BCUT2D eigenvalue weighted by molar-refractivity contribution is 7.98. The largest absolute Gasteiger partial charge is 0.322 e. The van der Waals surface area contributed by atoms with E-state index in [-0.39, 0.29) is 5.91 Å². The number of anilines is 1. The average Bonchev–Trinajstić information content (AvgIpc) is 3.23. The molecule has 0 atom stereocenters. The Morgan fingerprint density at radius 3 is 2.41 bits per heavy atom. The lowest BCUT2D eigenvalue weighted by Crippen LogP contribution is -2.12. The molecule has 5 nitrogen and oxygen atoms in total. The van der Waals surface area contributed by atoms with E-state index in [0.29, 0.717) is 5.56 Å². The van der Waals surface area contributed by atoms with Crippen LogP contribution in [-0.4, -0.2) is 26.7 Å². The molecule has 0 aliphatic rings. The number of hydrogen-bond donors (Lipinski definition) is 1. The van der Waals surface area contributed by atoms with Gasteiger partial charge in [0.15, 0.2) is 0 Å². The molecule has 0 spiro atoms. The molecular weight excluding hydrogens is 416 g/mol. The number of carbonyl (C=O) groups is 1. The molecule has 0 bridgehead atoms. The number of benzene rings is 2. The van der Waals surface area contributed by atoms with Crippen LogP contribution in [0.5, 0.6) is 0 Å². The topological polar surface area (TPSA) is 59.8 Å². The van der Waals surface area contributed by atoms with Gasteiger partial charge in [-0.2, -0.15) is 0 Å². The summed E-state index contributed by atoms with van der Waals surface area (Å²) < 4.78 is 2.24. The first-order valence-corrected chi connectivity index (χ1v) is 11.4. The summed E-state index contributed by atoms with van der Waals surface area (Å²) in [7, 11) is 0. The zero-order chi connectivity index (χ0) is 21.9. The van der Waals surface area contributed by atoms with Crippen LogP contribution in [0.3, 0.4) is 0 Å². The second-order valence-electron chi connectivity index (χ2n) is 7.27. The Morgan fingerprint density at radius 2 is 1.69 bits per heavy atom. The third kappa shape index (κ3) is 3.88. The normalized spacial score (nSPS) is 10.9. The minimum atomic E-state index is -0.175. The minimum Gasteiger partial charge on any atom is -0.322 e. The Kier molecular flexibility index (Phi) is 5.44. The van der Waals surface area contributed by atoms with Crippen LogP contribution in [0.25, 0.3) is 27.7 Å². The van der Waals surface area contributed by atoms with E-state index in [4.69, 9.17) is 0 Å². The van der Waals surface area contributed by atoms with Crippen molar-refractivity contribution in [2.45, 2.75) is 5.03 Å². The fourth-order valence-electron chi connectivity index (χ4n) is 3.72. The van der Waals surface area contributed by atoms with Gasteiger partial charge in [0.05, 0.1) is 16.1 Å². The maximum Gasteiger partial charge on any atom is 0.257 e. The second kappa shape index (κ2) is 8.69. The molecule has 156 valence electrons. The monoisotopic (exact) mass is 436 g/mol. The Morgan fingerprint density at radius 1 is 0.875 bits per heavy atom. The van der Waals surface area contributed by atoms with Crippen LogP contribution < -0.4 is 5.32 Å². The van der Waals surface area contributed by atoms with Gasteiger partial charge in [-0.3, -0.25) is 14.8 Å². The van der Waals surface area contributed by atoms with E-state index in [1.165, 1.54) is 5.39 Å². The van der Waals surface area contributed by atoms with Crippen LogP contribution in [0, 0.1) is 0 Å². The molecule has 0 radical (unpaired) electrons. The maximum atomic E-state index is 12.4. The van der Waals surface area contributed by atoms with E-state index < -0.39 is 0 Å². The number of pyridine rings is 2. The number of rotatable bonds is 5. The van der Waals surface area contributed by atoms with Gasteiger partial charge in [-0.25, -0.2) is 0 Å². The molecule has 0 saturated heterocycles. The zero-order valence-electron chi connectivity index (χ0n) is 17.4. The lowest BCUT2D eigenvalue weighted by Gasteiger charge is -2.11. The van der Waals surface area contributed by atoms with E-state index >= 15 is 0 Å². The Balaban J connectivity index is 1.46. The van der Waals surface area contributed by atoms with Crippen LogP contribution >= 0.6 is 11.8 Å². The molecular formula is C26H20N4OS. The molecule has 0 aliphatic heterocycles. The number of nitrogens with one attached hydrogen (secondary N) is 1. The van der Waals surface area contributed by atoms with Crippen molar-refractivity contribution in [3.63, 3.8) is 0 Å². The van der Waals surface area contributed by atoms with Crippen molar-refractivity contribution in [3.05, 3.63) is 103 Å². The molecule has 5 rings (SSSR count). The Labute approximate surface area is 190 Å². The summed E-state index contributed by atoms with van der Waals surface area (Å²) in [6.07, 6.45) is 8.91. The quantitative estimate of drug-likeness (QED) is 0.340. The van der Waals surface area contributed by atoms with E-state index in [0.717, 1.165) is 33.0 Å². The summed E-state index contributed by atoms with van der Waals surface area (Å²) in [6, 6.07) is 24.1. The first-order valence-electron chi connectivity index (χ1n) is 10.1. The second-order valence-corrected chi connectivity index (χ2v) is 8.10. The highest BCUT2D eigenvalue weighted by Crippen LogP contribution is 2.33. The van der Waals surface area contributed by atoms with Crippen molar-refractivity contribution >= 4 is 34.3 Å². The van der Waals surface area contributed by atoms with Gasteiger partial charge >= 0.3 is 0 Å². The van der Waals surface area contributed by atoms with Crippen molar-refractivity contribution in [2.24, 2.45) is 0 Å². The van der Waals surface area contributed by atoms with Gasteiger partial charge in [0.2, 0.25) is 0 Å². The van der Waals surface area contributed by atoms with Gasteiger partial charge in [0, 0.05) is 41.5 Å². The number of carbonyl (C=O) groups excluding carboxylic acids is 1. The molecule has 0 fully saturated rings. The average molecular weight is 437 g/mol. The van der Waals surface area contributed by atoms with E-state index in [1.807, 2.05) is 48.8 Å². The van der Waals surface area contributed by atoms with Crippen LogP contribution in [0.15, 0.2) is 103 Å². The van der Waals surface area contributed by atoms with Crippen LogP contribution in [0.1, 0.15) is 10.4 Å². The SMILES string of the molecule is CSc1cc2cc(-c3ccncc3)ccc2n1-c1ccc(NC(=O)c2cccnc2)cc1. The van der Waals surface area contributed by atoms with Crippen molar-refractivity contribution in [1.29, 1.82) is 0 Å². The Hall–Kier alpha value is -3.90. The van der Waals surface area contributed by atoms with Crippen molar-refractivity contribution in [1.82, 2.24) is 14.5 Å². The number of thioether (sulfide) groups is 1. The minimum absolute atomic E-state index is 0.175. The smallest absolute Gasteiger partial charge is 0.257 e. The summed E-state index contributed by atoms with van der Waals surface area (Å²) in [5, 5.41) is 5.25. The summed E-state index contributed by atoms with van der Waals surface area (Å²) in [6.45, 7) is 0. The summed E-state index contributed by atoms with van der Waals surface area (Å²) >= 11 is 1.71. The number of nitrogens with zero attached hydrogens (tertiary/aromatic N) is 3. The number of hydrogen-bond acceptors (Lipinski definition) is 4. The third-order valence-electron chi connectivity index (χ3n) is 5.30. The highest BCUT2D eigenvalue weighted by atomic mass is 32.2. The molecule has 3 aromatic heterocycles. The predicted octanol–water partition coefficient (Wildman–Crippen LogP) is 6.06. The molecule has 32 heavy (non-hydrogen) atoms. The summed E-state index contributed by atoms with van der Waals surface area (Å²) in [5.74, 6) is -0.175. The van der Waals surface area contributed by atoms with Gasteiger partial charge < -0.3 is 9.88 Å². The molecule has 1 N–H and O–H groups in total. The molecule has 6 heteroatoms. The van der Waals surface area contributed by atoms with Gasteiger partial charge in [0.1, 0.15) is 0 Å². The molecule has 0 unspecified atom stereocenters. The number of amides is 1. The highest BCUT2D eigenvalue weighted by Gasteiger charge is 2.12. The van der Waals surface area contributed by atoms with E-state index in [2.05, 4.69) is 50.4 Å². The Bertz CT molecular complexity index is 1380. The number of aromatic nitrogens is 3. The molecule has 0 aliphatic carbocycles. The van der Waals surface area contributed by atoms with Crippen molar-refractivity contribution in [3.8, 4) is 16.8 Å². The predicted molar refractivity (Wildman–Crippen MR) is 130 cm³/mol. The molecule has 1 amide bonds. The third-order valence-corrected chi connectivity index (χ3v) is 6.02. The van der Waals surface area contributed by atoms with Crippen LogP contribution in [0.4, 0.5) is 5.69 Å². The van der Waals surface area contributed by atoms with E-state index in [1.54, 1.807) is 36.3 Å². The molecule has 2 aromatic carbocycles. The fourth-order valence-corrected chi connectivity index (χ4v) is 4.36. The van der Waals surface area contributed by atoms with Crippen LogP contribution in [0.2, 0.25) is 0 Å². The zero-order valence-corrected chi connectivity index (χ0v) is 18.2. The van der Waals surface area contributed by atoms with Crippen molar-refractivity contribution in [2.75, 3.05) is 11.6 Å². The maximum absolute atomic E-state index is 12.4.